The predicted octanol–water partition coefficient (Wildman–Crippen LogP) is 2.83. The molecule has 0 spiro atoms. The molecule has 2 aromatic rings. The molecule has 0 aliphatic heterocycles. The summed E-state index contributed by atoms with van der Waals surface area (Å²) >= 11 is 0. The smallest absolute Gasteiger partial charge is 0.128 e. The molecule has 94 valence electrons. The molecule has 2 nitrogen and oxygen atoms in total. The summed E-state index contributed by atoms with van der Waals surface area (Å²) in [6, 6.07) is 10.2. The van der Waals surface area contributed by atoms with Crippen LogP contribution in [0, 0.1) is 18.6 Å². The molecule has 0 radical (unpaired) electrons. The van der Waals surface area contributed by atoms with Gasteiger partial charge in [-0.3, -0.25) is 5.84 Å². The first-order valence-electron chi connectivity index (χ1n) is 5.60. The van der Waals surface area contributed by atoms with Gasteiger partial charge in [0.2, 0.25) is 0 Å². The largest absolute Gasteiger partial charge is 0.271 e. The minimum absolute atomic E-state index is 0.201. The molecular formula is C14H14F2N2. The van der Waals surface area contributed by atoms with Crippen LogP contribution in [0.3, 0.4) is 0 Å². The summed E-state index contributed by atoms with van der Waals surface area (Å²) in [4.78, 5) is 0. The number of nitrogens with one attached hydrogen (secondary N) is 1. The first-order chi connectivity index (χ1) is 8.63. The average Bonchev–Trinajstić information content (AvgIpc) is 2.36. The fourth-order valence-electron chi connectivity index (χ4n) is 1.99. The average molecular weight is 248 g/mol. The Morgan fingerprint density at radius 3 is 2.44 bits per heavy atom. The van der Waals surface area contributed by atoms with E-state index in [1.165, 1.54) is 0 Å². The van der Waals surface area contributed by atoms with Crippen LogP contribution in [0.15, 0.2) is 42.5 Å². The second-order valence-electron chi connectivity index (χ2n) is 4.12. The van der Waals surface area contributed by atoms with Gasteiger partial charge in [-0.15, -0.1) is 0 Å². The van der Waals surface area contributed by atoms with E-state index in [2.05, 4.69) is 5.43 Å². The van der Waals surface area contributed by atoms with Gasteiger partial charge in [-0.2, -0.15) is 0 Å². The maximum atomic E-state index is 13.8. The number of nitrogens with two attached hydrogens (primary N) is 1. The molecule has 0 amide bonds. The predicted molar refractivity (Wildman–Crippen MR) is 66.7 cm³/mol. The van der Waals surface area contributed by atoms with Gasteiger partial charge in [0.05, 0.1) is 6.04 Å². The lowest BCUT2D eigenvalue weighted by atomic mass is 9.95. The molecule has 3 N–H and O–H groups in total. The van der Waals surface area contributed by atoms with Crippen molar-refractivity contribution in [2.45, 2.75) is 13.0 Å². The van der Waals surface area contributed by atoms with E-state index in [0.717, 1.165) is 29.3 Å². The normalized spacial score (nSPS) is 12.4. The van der Waals surface area contributed by atoms with Crippen molar-refractivity contribution in [3.63, 3.8) is 0 Å². The molecule has 1 atom stereocenters. The van der Waals surface area contributed by atoms with Crippen molar-refractivity contribution in [2.75, 3.05) is 0 Å². The van der Waals surface area contributed by atoms with Crippen LogP contribution in [0.25, 0.3) is 0 Å². The molecule has 1 unspecified atom stereocenters. The Balaban J connectivity index is 2.52. The number of halogens is 2. The molecule has 4 heteroatoms. The summed E-state index contributed by atoms with van der Waals surface area (Å²) in [5.74, 6) is 4.52. The van der Waals surface area contributed by atoms with Crippen LogP contribution < -0.4 is 11.3 Å². The Morgan fingerprint density at radius 2 is 1.78 bits per heavy atom. The quantitative estimate of drug-likeness (QED) is 0.647. The highest BCUT2D eigenvalue weighted by atomic mass is 19.1. The number of hydrogen-bond acceptors (Lipinski definition) is 2. The van der Waals surface area contributed by atoms with Crippen molar-refractivity contribution in [3.05, 3.63) is 70.8 Å². The van der Waals surface area contributed by atoms with Crippen molar-refractivity contribution >= 4 is 0 Å². The molecular weight excluding hydrogens is 234 g/mol. The molecule has 0 saturated heterocycles. The van der Waals surface area contributed by atoms with E-state index in [9.17, 15) is 8.78 Å². The third-order valence-corrected chi connectivity index (χ3v) is 2.94. The molecule has 18 heavy (non-hydrogen) atoms. The SMILES string of the molecule is Cc1ccccc1C(NN)c1cc(F)ccc1F. The Kier molecular flexibility index (Phi) is 3.69. The number of hydrogen-bond donors (Lipinski definition) is 2. The summed E-state index contributed by atoms with van der Waals surface area (Å²) in [5.41, 5.74) is 4.52. The van der Waals surface area contributed by atoms with Gasteiger partial charge in [0, 0.05) is 5.56 Å². The van der Waals surface area contributed by atoms with Gasteiger partial charge in [-0.1, -0.05) is 24.3 Å². The maximum absolute atomic E-state index is 13.8. The van der Waals surface area contributed by atoms with Gasteiger partial charge in [0.1, 0.15) is 11.6 Å². The van der Waals surface area contributed by atoms with E-state index in [1.807, 2.05) is 31.2 Å². The highest BCUT2D eigenvalue weighted by Crippen LogP contribution is 2.26. The van der Waals surface area contributed by atoms with E-state index in [4.69, 9.17) is 5.84 Å². The first-order valence-corrected chi connectivity index (χ1v) is 5.60. The third-order valence-electron chi connectivity index (χ3n) is 2.94. The van der Waals surface area contributed by atoms with Crippen LogP contribution in [0.2, 0.25) is 0 Å². The van der Waals surface area contributed by atoms with Crippen molar-refractivity contribution in [2.24, 2.45) is 5.84 Å². The van der Waals surface area contributed by atoms with Gasteiger partial charge in [-0.25, -0.2) is 14.2 Å². The number of hydrazine groups is 1. The van der Waals surface area contributed by atoms with Gasteiger partial charge in [0.25, 0.3) is 0 Å². The zero-order valence-corrected chi connectivity index (χ0v) is 9.95. The lowest BCUT2D eigenvalue weighted by molar-refractivity contribution is 0.544. The monoisotopic (exact) mass is 248 g/mol. The summed E-state index contributed by atoms with van der Waals surface area (Å²) in [5, 5.41) is 0. The van der Waals surface area contributed by atoms with E-state index in [1.54, 1.807) is 0 Å². The van der Waals surface area contributed by atoms with Gasteiger partial charge in [-0.05, 0) is 36.2 Å². The van der Waals surface area contributed by atoms with Gasteiger partial charge < -0.3 is 0 Å². The molecule has 0 bridgehead atoms. The molecule has 0 aliphatic carbocycles. The zero-order valence-electron chi connectivity index (χ0n) is 9.95. The van der Waals surface area contributed by atoms with Gasteiger partial charge in [0.15, 0.2) is 0 Å². The molecule has 2 rings (SSSR count). The standard InChI is InChI=1S/C14H14F2N2/c1-9-4-2-3-5-11(9)14(18-17)12-8-10(15)6-7-13(12)16/h2-8,14,18H,17H2,1H3. The van der Waals surface area contributed by atoms with E-state index in [0.29, 0.717) is 0 Å². The third kappa shape index (κ3) is 2.39. The second kappa shape index (κ2) is 5.25. The fraction of sp³-hybridized carbons (Fsp3) is 0.143. The number of rotatable bonds is 3. The minimum Gasteiger partial charge on any atom is -0.271 e. The summed E-state index contributed by atoms with van der Waals surface area (Å²) in [7, 11) is 0. The molecule has 0 aromatic heterocycles. The topological polar surface area (TPSA) is 38.0 Å². The van der Waals surface area contributed by atoms with Crippen molar-refractivity contribution in [1.82, 2.24) is 5.43 Å². The van der Waals surface area contributed by atoms with Crippen LogP contribution in [-0.2, 0) is 0 Å². The zero-order chi connectivity index (χ0) is 13.1. The van der Waals surface area contributed by atoms with Gasteiger partial charge >= 0.3 is 0 Å². The Labute approximate surface area is 104 Å². The van der Waals surface area contributed by atoms with Crippen LogP contribution in [0.4, 0.5) is 8.78 Å². The Morgan fingerprint density at radius 1 is 1.06 bits per heavy atom. The van der Waals surface area contributed by atoms with E-state index >= 15 is 0 Å². The number of aryl methyl sites for hydroxylation is 1. The summed E-state index contributed by atoms with van der Waals surface area (Å²) in [6.45, 7) is 1.90. The van der Waals surface area contributed by atoms with Crippen molar-refractivity contribution in [1.29, 1.82) is 0 Å². The molecule has 0 fully saturated rings. The van der Waals surface area contributed by atoms with E-state index < -0.39 is 17.7 Å². The fourth-order valence-corrected chi connectivity index (χ4v) is 1.99. The first kappa shape index (κ1) is 12.7. The Hall–Kier alpha value is -1.78. The molecule has 2 aromatic carbocycles. The lowest BCUT2D eigenvalue weighted by Gasteiger charge is -2.19. The van der Waals surface area contributed by atoms with Crippen molar-refractivity contribution in [3.8, 4) is 0 Å². The maximum Gasteiger partial charge on any atom is 0.128 e. The highest BCUT2D eigenvalue weighted by molar-refractivity contribution is 5.37. The molecule has 0 aliphatic rings. The van der Waals surface area contributed by atoms with Crippen LogP contribution in [0.5, 0.6) is 0 Å². The minimum atomic E-state index is -0.568. The Bertz CT molecular complexity index is 555. The van der Waals surface area contributed by atoms with Crippen LogP contribution in [-0.4, -0.2) is 0 Å². The highest BCUT2D eigenvalue weighted by Gasteiger charge is 2.18. The summed E-state index contributed by atoms with van der Waals surface area (Å²) < 4.78 is 27.0. The second-order valence-corrected chi connectivity index (χ2v) is 4.12. The molecule has 0 saturated carbocycles. The molecule has 0 heterocycles. The lowest BCUT2D eigenvalue weighted by Crippen LogP contribution is -2.30. The van der Waals surface area contributed by atoms with Crippen LogP contribution >= 0.6 is 0 Å². The number of benzene rings is 2. The van der Waals surface area contributed by atoms with E-state index in [-0.39, 0.29) is 5.56 Å². The summed E-state index contributed by atoms with van der Waals surface area (Å²) in [6.07, 6.45) is 0. The van der Waals surface area contributed by atoms with Crippen LogP contribution in [0.1, 0.15) is 22.7 Å². The van der Waals surface area contributed by atoms with Crippen molar-refractivity contribution < 1.29 is 8.78 Å².